The van der Waals surface area contributed by atoms with Gasteiger partial charge in [0.2, 0.25) is 0 Å². The Hall–Kier alpha value is -1.10. The van der Waals surface area contributed by atoms with Gasteiger partial charge in [-0.1, -0.05) is 32.6 Å². The highest BCUT2D eigenvalue weighted by molar-refractivity contribution is 5.73. The molecule has 0 rings (SSSR count). The van der Waals surface area contributed by atoms with E-state index in [4.69, 9.17) is 15.3 Å². The van der Waals surface area contributed by atoms with Crippen molar-refractivity contribution >= 4 is 11.9 Å². The zero-order valence-corrected chi connectivity index (χ0v) is 11.0. The van der Waals surface area contributed by atoms with Crippen LogP contribution in [0, 0.1) is 11.8 Å². The first-order chi connectivity index (χ1) is 8.52. The van der Waals surface area contributed by atoms with Crippen LogP contribution in [0.2, 0.25) is 0 Å². The minimum Gasteiger partial charge on any atom is -0.481 e. The standard InChI is InChI=1S/C13H24O5/c1-2-3-4-5-6-10(12(15)16)9-11(7-8-14)13(17)18/h10-11,14H,2-9H2,1H3,(H,15,16)(H,17,18). The van der Waals surface area contributed by atoms with Gasteiger partial charge in [0.25, 0.3) is 0 Å². The summed E-state index contributed by atoms with van der Waals surface area (Å²) in [6.45, 7) is 1.86. The van der Waals surface area contributed by atoms with E-state index in [1.807, 2.05) is 0 Å². The largest absolute Gasteiger partial charge is 0.481 e. The predicted molar refractivity (Wildman–Crippen MR) is 67.3 cm³/mol. The quantitative estimate of drug-likeness (QED) is 0.495. The van der Waals surface area contributed by atoms with Crippen molar-refractivity contribution in [3.8, 4) is 0 Å². The molecule has 0 aliphatic rings. The minimum atomic E-state index is -1.02. The van der Waals surface area contributed by atoms with Crippen molar-refractivity contribution < 1.29 is 24.9 Å². The normalized spacial score (nSPS) is 14.1. The summed E-state index contributed by atoms with van der Waals surface area (Å²) in [5.41, 5.74) is 0. The lowest BCUT2D eigenvalue weighted by Gasteiger charge is -2.17. The molecule has 2 unspecified atom stereocenters. The molecule has 0 aliphatic carbocycles. The molecule has 5 nitrogen and oxygen atoms in total. The molecule has 2 atom stereocenters. The van der Waals surface area contributed by atoms with Gasteiger partial charge in [0.15, 0.2) is 0 Å². The summed E-state index contributed by atoms with van der Waals surface area (Å²) in [7, 11) is 0. The van der Waals surface area contributed by atoms with Crippen molar-refractivity contribution in [1.82, 2.24) is 0 Å². The van der Waals surface area contributed by atoms with E-state index in [9.17, 15) is 9.59 Å². The van der Waals surface area contributed by atoms with Crippen molar-refractivity contribution in [3.63, 3.8) is 0 Å². The van der Waals surface area contributed by atoms with Crippen LogP contribution in [0.15, 0.2) is 0 Å². The summed E-state index contributed by atoms with van der Waals surface area (Å²) < 4.78 is 0. The predicted octanol–water partition coefficient (Wildman–Crippen LogP) is 2.13. The molecule has 0 aliphatic heterocycles. The van der Waals surface area contributed by atoms with Gasteiger partial charge in [-0.25, -0.2) is 0 Å². The van der Waals surface area contributed by atoms with Crippen LogP contribution in [0.25, 0.3) is 0 Å². The smallest absolute Gasteiger partial charge is 0.306 e. The van der Waals surface area contributed by atoms with E-state index < -0.39 is 23.8 Å². The third-order valence-corrected chi connectivity index (χ3v) is 3.15. The third kappa shape index (κ3) is 7.27. The number of aliphatic hydroxyl groups excluding tert-OH is 1. The number of hydrogen-bond acceptors (Lipinski definition) is 3. The van der Waals surface area contributed by atoms with Crippen molar-refractivity contribution in [2.75, 3.05) is 6.61 Å². The maximum absolute atomic E-state index is 11.1. The van der Waals surface area contributed by atoms with Crippen LogP contribution in [-0.2, 0) is 9.59 Å². The third-order valence-electron chi connectivity index (χ3n) is 3.15. The Bertz CT molecular complexity index is 252. The molecule has 18 heavy (non-hydrogen) atoms. The SMILES string of the molecule is CCCCCCC(CC(CCO)C(=O)O)C(=O)O. The molecule has 0 saturated carbocycles. The second-order valence-electron chi connectivity index (χ2n) is 4.67. The molecule has 3 N–H and O–H groups in total. The maximum atomic E-state index is 11.1. The van der Waals surface area contributed by atoms with E-state index in [1.165, 1.54) is 0 Å². The number of aliphatic carboxylic acids is 2. The van der Waals surface area contributed by atoms with Crippen LogP contribution in [0.4, 0.5) is 0 Å². The molecule has 0 fully saturated rings. The zero-order chi connectivity index (χ0) is 14.0. The van der Waals surface area contributed by atoms with Crippen LogP contribution in [0.5, 0.6) is 0 Å². The fraction of sp³-hybridized carbons (Fsp3) is 0.846. The molecule has 0 bridgehead atoms. The van der Waals surface area contributed by atoms with Gasteiger partial charge >= 0.3 is 11.9 Å². The van der Waals surface area contributed by atoms with Crippen LogP contribution in [-0.4, -0.2) is 33.9 Å². The second kappa shape index (κ2) is 9.88. The minimum absolute atomic E-state index is 0.108. The molecule has 0 aromatic rings. The first-order valence-electron chi connectivity index (χ1n) is 6.59. The Labute approximate surface area is 108 Å². The highest BCUT2D eigenvalue weighted by atomic mass is 16.4. The Kier molecular flexibility index (Phi) is 9.28. The lowest BCUT2D eigenvalue weighted by Crippen LogP contribution is -2.23. The van der Waals surface area contributed by atoms with E-state index in [1.54, 1.807) is 0 Å². The summed E-state index contributed by atoms with van der Waals surface area (Å²) in [6, 6.07) is 0. The molecule has 0 saturated heterocycles. The molecular formula is C13H24O5. The van der Waals surface area contributed by atoms with Crippen LogP contribution >= 0.6 is 0 Å². The maximum Gasteiger partial charge on any atom is 0.306 e. The summed E-state index contributed by atoms with van der Waals surface area (Å²) in [6.07, 6.45) is 4.70. The number of carbonyl (C=O) groups is 2. The first-order valence-corrected chi connectivity index (χ1v) is 6.59. The molecular weight excluding hydrogens is 236 g/mol. The molecule has 106 valence electrons. The molecule has 0 aromatic heterocycles. The number of hydrogen-bond donors (Lipinski definition) is 3. The second-order valence-corrected chi connectivity index (χ2v) is 4.67. The molecule has 0 aromatic carbocycles. The van der Waals surface area contributed by atoms with Gasteiger partial charge in [0.05, 0.1) is 11.8 Å². The lowest BCUT2D eigenvalue weighted by molar-refractivity contribution is -0.146. The van der Waals surface area contributed by atoms with E-state index in [0.717, 1.165) is 25.7 Å². The number of unbranched alkanes of at least 4 members (excludes halogenated alkanes) is 3. The van der Waals surface area contributed by atoms with Gasteiger partial charge in [0.1, 0.15) is 0 Å². The van der Waals surface area contributed by atoms with Gasteiger partial charge in [-0.2, -0.15) is 0 Å². The van der Waals surface area contributed by atoms with Gasteiger partial charge < -0.3 is 15.3 Å². The van der Waals surface area contributed by atoms with E-state index >= 15 is 0 Å². The molecule has 5 heteroatoms. The van der Waals surface area contributed by atoms with E-state index in [-0.39, 0.29) is 19.4 Å². The number of rotatable bonds is 11. The Morgan fingerprint density at radius 3 is 1.94 bits per heavy atom. The highest BCUT2D eigenvalue weighted by Crippen LogP contribution is 2.22. The summed E-state index contributed by atoms with van der Waals surface area (Å²) in [5.74, 6) is -3.34. The Morgan fingerprint density at radius 1 is 0.944 bits per heavy atom. The van der Waals surface area contributed by atoms with Gasteiger partial charge in [-0.05, 0) is 19.3 Å². The van der Waals surface area contributed by atoms with Gasteiger partial charge in [0, 0.05) is 6.61 Å². The van der Waals surface area contributed by atoms with Crippen molar-refractivity contribution in [1.29, 1.82) is 0 Å². The zero-order valence-electron chi connectivity index (χ0n) is 11.0. The fourth-order valence-electron chi connectivity index (χ4n) is 2.00. The van der Waals surface area contributed by atoms with Crippen molar-refractivity contribution in [2.24, 2.45) is 11.8 Å². The first kappa shape index (κ1) is 16.9. The number of aliphatic hydroxyl groups is 1. The van der Waals surface area contributed by atoms with Crippen molar-refractivity contribution in [3.05, 3.63) is 0 Å². The molecule has 0 heterocycles. The van der Waals surface area contributed by atoms with Gasteiger partial charge in [-0.3, -0.25) is 9.59 Å². The average molecular weight is 260 g/mol. The Morgan fingerprint density at radius 2 is 1.50 bits per heavy atom. The van der Waals surface area contributed by atoms with Crippen LogP contribution in [0.3, 0.4) is 0 Å². The van der Waals surface area contributed by atoms with E-state index in [0.29, 0.717) is 6.42 Å². The average Bonchev–Trinajstić information content (AvgIpc) is 2.31. The monoisotopic (exact) mass is 260 g/mol. The highest BCUT2D eigenvalue weighted by Gasteiger charge is 2.26. The Balaban J connectivity index is 4.23. The fourth-order valence-corrected chi connectivity index (χ4v) is 2.00. The number of carboxylic acids is 2. The number of carboxylic acid groups (broad SMARTS) is 2. The summed E-state index contributed by atoms with van der Waals surface area (Å²) >= 11 is 0. The van der Waals surface area contributed by atoms with Crippen LogP contribution < -0.4 is 0 Å². The molecule has 0 amide bonds. The summed E-state index contributed by atoms with van der Waals surface area (Å²) in [5, 5.41) is 26.8. The van der Waals surface area contributed by atoms with Crippen LogP contribution in [0.1, 0.15) is 51.9 Å². The van der Waals surface area contributed by atoms with E-state index in [2.05, 4.69) is 6.92 Å². The molecule has 0 spiro atoms. The summed E-state index contributed by atoms with van der Waals surface area (Å²) in [4.78, 5) is 22.0. The van der Waals surface area contributed by atoms with Crippen molar-refractivity contribution in [2.45, 2.75) is 51.9 Å². The topological polar surface area (TPSA) is 94.8 Å². The molecule has 0 radical (unpaired) electrons. The lowest BCUT2D eigenvalue weighted by atomic mass is 9.88. The van der Waals surface area contributed by atoms with Gasteiger partial charge in [-0.15, -0.1) is 0 Å².